The van der Waals surface area contributed by atoms with Gasteiger partial charge in [-0.1, -0.05) is 6.07 Å². The molecule has 4 nitrogen and oxygen atoms in total. The van der Waals surface area contributed by atoms with Gasteiger partial charge in [-0.25, -0.2) is 0 Å². The van der Waals surface area contributed by atoms with Crippen LogP contribution in [0.15, 0.2) is 18.2 Å². The number of carbonyl (C=O) groups is 1. The van der Waals surface area contributed by atoms with E-state index < -0.39 is 23.3 Å². The minimum atomic E-state index is -4.58. The highest BCUT2D eigenvalue weighted by Gasteiger charge is 2.35. The van der Waals surface area contributed by atoms with Gasteiger partial charge in [0, 0.05) is 18.8 Å². The maximum absolute atomic E-state index is 12.9. The van der Waals surface area contributed by atoms with E-state index in [9.17, 15) is 18.0 Å². The third kappa shape index (κ3) is 4.04. The van der Waals surface area contributed by atoms with Crippen LogP contribution in [0.1, 0.15) is 22.8 Å². The fourth-order valence-corrected chi connectivity index (χ4v) is 2.57. The number of hydrogen-bond acceptors (Lipinski definition) is 4. The number of nitrogens with two attached hydrogens (primary N) is 1. The first kappa shape index (κ1) is 17.6. The Balaban J connectivity index is 3.22. The Morgan fingerprint density at radius 1 is 1.48 bits per heavy atom. The summed E-state index contributed by atoms with van der Waals surface area (Å²) in [6.45, 7) is 1.83. The van der Waals surface area contributed by atoms with Gasteiger partial charge in [-0.15, -0.1) is 0 Å². The lowest BCUT2D eigenvalue weighted by Crippen LogP contribution is -2.37. The zero-order valence-electron chi connectivity index (χ0n) is 12.0. The standard InChI is InChI=1S/C13H18F3N3OS/c1-8(7-21-3)19(2)12(20)9-5-4-6-10(11(9)18-17)13(14,15)16/h4-6,8,18H,7,17H2,1-3H3. The molecule has 3 N–H and O–H groups in total. The van der Waals surface area contributed by atoms with Gasteiger partial charge in [-0.3, -0.25) is 10.6 Å². The quantitative estimate of drug-likeness (QED) is 0.647. The van der Waals surface area contributed by atoms with E-state index in [1.54, 1.807) is 18.8 Å². The molecule has 118 valence electrons. The SMILES string of the molecule is CSCC(C)N(C)C(=O)c1cccc(C(F)(F)F)c1NN. The Bertz CT molecular complexity index is 508. The predicted octanol–water partition coefficient (Wildman–Crippen LogP) is 2.81. The second-order valence-electron chi connectivity index (χ2n) is 4.59. The monoisotopic (exact) mass is 321 g/mol. The van der Waals surface area contributed by atoms with Crippen LogP contribution in [0.5, 0.6) is 0 Å². The molecule has 1 rings (SSSR count). The Morgan fingerprint density at radius 2 is 2.10 bits per heavy atom. The first-order valence-corrected chi connectivity index (χ1v) is 7.56. The number of thioether (sulfide) groups is 1. The van der Waals surface area contributed by atoms with Crippen molar-refractivity contribution in [3.05, 3.63) is 29.3 Å². The van der Waals surface area contributed by atoms with Crippen LogP contribution in [-0.4, -0.2) is 35.9 Å². The summed E-state index contributed by atoms with van der Waals surface area (Å²) in [5, 5.41) is 0. The third-order valence-corrected chi connectivity index (χ3v) is 3.95. The lowest BCUT2D eigenvalue weighted by molar-refractivity contribution is -0.137. The van der Waals surface area contributed by atoms with Gasteiger partial charge >= 0.3 is 6.18 Å². The van der Waals surface area contributed by atoms with Gasteiger partial charge < -0.3 is 10.3 Å². The highest BCUT2D eigenvalue weighted by molar-refractivity contribution is 7.98. The van der Waals surface area contributed by atoms with Crippen LogP contribution in [0.2, 0.25) is 0 Å². The predicted molar refractivity (Wildman–Crippen MR) is 79.2 cm³/mol. The van der Waals surface area contributed by atoms with Crippen LogP contribution < -0.4 is 11.3 Å². The van der Waals surface area contributed by atoms with Crippen molar-refractivity contribution >= 4 is 23.4 Å². The molecule has 0 saturated heterocycles. The first-order valence-electron chi connectivity index (χ1n) is 6.17. The van der Waals surface area contributed by atoms with Crippen LogP contribution in [0, 0.1) is 0 Å². The molecular weight excluding hydrogens is 303 g/mol. The molecule has 0 aliphatic carbocycles. The number of alkyl halides is 3. The summed E-state index contributed by atoms with van der Waals surface area (Å²) in [6, 6.07) is 3.31. The number of anilines is 1. The maximum atomic E-state index is 12.9. The molecule has 0 aromatic heterocycles. The van der Waals surface area contributed by atoms with E-state index in [4.69, 9.17) is 5.84 Å². The Hall–Kier alpha value is -1.41. The summed E-state index contributed by atoms with van der Waals surface area (Å²) in [6.07, 6.45) is -2.69. The van der Waals surface area contributed by atoms with Crippen molar-refractivity contribution in [2.75, 3.05) is 24.5 Å². The molecule has 0 radical (unpaired) electrons. The average Bonchev–Trinajstić information content (AvgIpc) is 2.44. The molecule has 1 atom stereocenters. The molecular formula is C13H18F3N3OS. The van der Waals surface area contributed by atoms with Crippen molar-refractivity contribution in [2.24, 2.45) is 5.84 Å². The van der Waals surface area contributed by atoms with E-state index in [1.807, 2.05) is 18.6 Å². The van der Waals surface area contributed by atoms with Crippen LogP contribution in [0.4, 0.5) is 18.9 Å². The summed E-state index contributed by atoms with van der Waals surface area (Å²) in [5.74, 6) is 5.38. The van der Waals surface area contributed by atoms with Crippen molar-refractivity contribution in [3.8, 4) is 0 Å². The van der Waals surface area contributed by atoms with Crippen molar-refractivity contribution in [2.45, 2.75) is 19.1 Å². The number of hydrazine groups is 1. The number of hydrogen-bond donors (Lipinski definition) is 2. The summed E-state index contributed by atoms with van der Waals surface area (Å²) in [7, 11) is 1.56. The van der Waals surface area contributed by atoms with Gasteiger partial charge in [-0.05, 0) is 25.3 Å². The van der Waals surface area contributed by atoms with Crippen LogP contribution in [0.3, 0.4) is 0 Å². The molecule has 1 aromatic carbocycles. The van der Waals surface area contributed by atoms with Gasteiger partial charge in [0.25, 0.3) is 5.91 Å². The number of nitrogens with zero attached hydrogens (tertiary/aromatic N) is 1. The topological polar surface area (TPSA) is 58.4 Å². The average molecular weight is 321 g/mol. The molecule has 0 bridgehead atoms. The van der Waals surface area contributed by atoms with E-state index in [0.29, 0.717) is 5.75 Å². The molecule has 0 saturated carbocycles. The van der Waals surface area contributed by atoms with Crippen LogP contribution in [-0.2, 0) is 6.18 Å². The van der Waals surface area contributed by atoms with Gasteiger partial charge in [-0.2, -0.15) is 24.9 Å². The lowest BCUT2D eigenvalue weighted by atomic mass is 10.1. The lowest BCUT2D eigenvalue weighted by Gasteiger charge is -2.26. The Morgan fingerprint density at radius 3 is 2.57 bits per heavy atom. The summed E-state index contributed by atoms with van der Waals surface area (Å²) in [5.41, 5.74) is 0.549. The number of carbonyl (C=O) groups excluding carboxylic acids is 1. The van der Waals surface area contributed by atoms with Crippen LogP contribution in [0.25, 0.3) is 0 Å². The smallest absolute Gasteiger partial charge is 0.338 e. The largest absolute Gasteiger partial charge is 0.418 e. The van der Waals surface area contributed by atoms with Crippen molar-refractivity contribution < 1.29 is 18.0 Å². The van der Waals surface area contributed by atoms with E-state index in [2.05, 4.69) is 0 Å². The number of benzene rings is 1. The van der Waals surface area contributed by atoms with E-state index in [-0.39, 0.29) is 11.6 Å². The maximum Gasteiger partial charge on any atom is 0.418 e. The Kier molecular flexibility index (Phi) is 5.91. The molecule has 1 amide bonds. The van der Waals surface area contributed by atoms with Gasteiger partial charge in [0.15, 0.2) is 0 Å². The van der Waals surface area contributed by atoms with Crippen molar-refractivity contribution in [1.29, 1.82) is 0 Å². The van der Waals surface area contributed by atoms with Crippen molar-refractivity contribution in [1.82, 2.24) is 4.90 Å². The fraction of sp³-hybridized carbons (Fsp3) is 0.462. The zero-order valence-corrected chi connectivity index (χ0v) is 12.8. The van der Waals surface area contributed by atoms with Crippen LogP contribution >= 0.6 is 11.8 Å². The second-order valence-corrected chi connectivity index (χ2v) is 5.50. The zero-order chi connectivity index (χ0) is 16.2. The molecule has 0 aliphatic heterocycles. The van der Waals surface area contributed by atoms with Gasteiger partial charge in [0.2, 0.25) is 0 Å². The third-order valence-electron chi connectivity index (χ3n) is 3.13. The number of nitrogens with one attached hydrogen (secondary N) is 1. The first-order chi connectivity index (χ1) is 9.73. The number of nitrogen functional groups attached to an aromatic ring is 1. The number of halogens is 3. The molecule has 21 heavy (non-hydrogen) atoms. The minimum Gasteiger partial charge on any atom is -0.338 e. The number of para-hydroxylation sites is 1. The van der Waals surface area contributed by atoms with Crippen molar-refractivity contribution in [3.63, 3.8) is 0 Å². The van der Waals surface area contributed by atoms with E-state index >= 15 is 0 Å². The molecule has 0 fully saturated rings. The summed E-state index contributed by atoms with van der Waals surface area (Å²) >= 11 is 1.55. The van der Waals surface area contributed by atoms with Gasteiger partial charge in [0.05, 0.1) is 16.8 Å². The fourth-order valence-electron chi connectivity index (χ4n) is 1.87. The highest BCUT2D eigenvalue weighted by atomic mass is 32.2. The molecule has 0 aliphatic rings. The second kappa shape index (κ2) is 7.04. The molecule has 8 heteroatoms. The minimum absolute atomic E-state index is 0.0946. The highest BCUT2D eigenvalue weighted by Crippen LogP contribution is 2.36. The molecule has 0 heterocycles. The molecule has 1 unspecified atom stereocenters. The number of rotatable bonds is 5. The summed E-state index contributed by atoms with van der Waals surface area (Å²) in [4.78, 5) is 13.8. The Labute approximate surface area is 125 Å². The summed E-state index contributed by atoms with van der Waals surface area (Å²) < 4.78 is 38.8. The normalized spacial score (nSPS) is 12.9. The number of amides is 1. The van der Waals surface area contributed by atoms with E-state index in [0.717, 1.165) is 6.07 Å². The molecule has 1 aromatic rings. The molecule has 0 spiro atoms. The van der Waals surface area contributed by atoms with E-state index in [1.165, 1.54) is 17.0 Å². The van der Waals surface area contributed by atoms with Gasteiger partial charge in [0.1, 0.15) is 0 Å².